The molecule has 0 atom stereocenters. The zero-order valence-corrected chi connectivity index (χ0v) is 14.8. The minimum atomic E-state index is -0.486. The molecule has 0 fully saturated rings. The van der Waals surface area contributed by atoms with Crippen LogP contribution in [0.1, 0.15) is 30.9 Å². The van der Waals surface area contributed by atoms with E-state index in [9.17, 15) is 14.4 Å². The number of hydrogen-bond acceptors (Lipinski definition) is 3. The molecule has 26 heavy (non-hydrogen) atoms. The first-order chi connectivity index (χ1) is 12.6. The Balaban J connectivity index is 1.92. The highest BCUT2D eigenvalue weighted by molar-refractivity contribution is 6.06. The molecule has 0 saturated heterocycles. The van der Waals surface area contributed by atoms with Crippen molar-refractivity contribution < 1.29 is 9.18 Å². The van der Waals surface area contributed by atoms with Crippen LogP contribution in [-0.4, -0.2) is 5.91 Å². The number of hydrogen-bond donors (Lipinski definition) is 2. The average Bonchev–Trinajstić information content (AvgIpc) is 2.64. The van der Waals surface area contributed by atoms with E-state index in [0.717, 1.165) is 24.8 Å². The largest absolute Gasteiger partial charge is 0.386 e. The third-order valence-electron chi connectivity index (χ3n) is 3.84. The molecule has 2 rings (SSSR count). The second kappa shape index (κ2) is 10.00. The van der Waals surface area contributed by atoms with Crippen LogP contribution < -0.4 is 10.6 Å². The molecule has 5 heteroatoms. The summed E-state index contributed by atoms with van der Waals surface area (Å²) in [6.45, 7) is 2.47. The van der Waals surface area contributed by atoms with Crippen molar-refractivity contribution in [2.75, 3.05) is 5.32 Å². The van der Waals surface area contributed by atoms with Gasteiger partial charge in [0.1, 0.15) is 17.5 Å². The van der Waals surface area contributed by atoms with Gasteiger partial charge >= 0.3 is 0 Å². The van der Waals surface area contributed by atoms with Gasteiger partial charge in [0.15, 0.2) is 0 Å². The van der Waals surface area contributed by atoms with E-state index in [4.69, 9.17) is 0 Å². The third-order valence-corrected chi connectivity index (χ3v) is 3.84. The first-order valence-corrected chi connectivity index (χ1v) is 8.60. The van der Waals surface area contributed by atoms with Gasteiger partial charge in [-0.25, -0.2) is 4.39 Å². The number of unbranched alkanes of at least 4 members (excludes halogenated alkanes) is 1. The fraction of sp³-hybridized carbons (Fsp3) is 0.238. The number of nitrogens with zero attached hydrogens (tertiary/aromatic N) is 1. The molecule has 1 amide bonds. The maximum atomic E-state index is 13.1. The predicted molar refractivity (Wildman–Crippen MR) is 101 cm³/mol. The van der Waals surface area contributed by atoms with Crippen molar-refractivity contribution in [1.29, 1.82) is 5.26 Å². The van der Waals surface area contributed by atoms with Gasteiger partial charge in [-0.15, -0.1) is 0 Å². The van der Waals surface area contributed by atoms with Crippen LogP contribution in [0.5, 0.6) is 0 Å². The molecule has 0 aliphatic rings. The minimum absolute atomic E-state index is 0.0449. The number of nitrogens with one attached hydrogen (secondary N) is 2. The maximum Gasteiger partial charge on any atom is 0.267 e. The smallest absolute Gasteiger partial charge is 0.267 e. The van der Waals surface area contributed by atoms with Gasteiger partial charge in [-0.05, 0) is 48.2 Å². The summed E-state index contributed by atoms with van der Waals surface area (Å²) in [6, 6.07) is 15.6. The Labute approximate surface area is 153 Å². The topological polar surface area (TPSA) is 64.9 Å². The van der Waals surface area contributed by atoms with Gasteiger partial charge < -0.3 is 10.6 Å². The molecule has 0 aliphatic carbocycles. The van der Waals surface area contributed by atoms with Crippen LogP contribution >= 0.6 is 0 Å². The number of carbonyl (C=O) groups excluding carboxylic acids is 1. The Morgan fingerprint density at radius 2 is 1.96 bits per heavy atom. The van der Waals surface area contributed by atoms with Gasteiger partial charge in [0.05, 0.1) is 0 Å². The lowest BCUT2D eigenvalue weighted by atomic mass is 10.1. The lowest BCUT2D eigenvalue weighted by Gasteiger charge is -2.07. The Bertz CT molecular complexity index is 807. The van der Waals surface area contributed by atoms with Gasteiger partial charge in [0.2, 0.25) is 0 Å². The van der Waals surface area contributed by atoms with E-state index in [1.165, 1.54) is 23.9 Å². The molecule has 0 bridgehead atoms. The summed E-state index contributed by atoms with van der Waals surface area (Å²) < 4.78 is 13.1. The monoisotopic (exact) mass is 351 g/mol. The summed E-state index contributed by atoms with van der Waals surface area (Å²) in [5.41, 5.74) is 2.54. The van der Waals surface area contributed by atoms with Gasteiger partial charge in [-0.1, -0.05) is 37.6 Å². The SMILES string of the molecule is CCCCc1ccc(NC(=O)/C(C#N)=C\NCc2cccc(F)c2)cc1. The molecular formula is C21H22FN3O. The summed E-state index contributed by atoms with van der Waals surface area (Å²) in [6.07, 6.45) is 4.62. The molecule has 0 aromatic heterocycles. The third kappa shape index (κ3) is 6.06. The number of halogens is 1. The Morgan fingerprint density at radius 1 is 1.19 bits per heavy atom. The van der Waals surface area contributed by atoms with E-state index in [0.29, 0.717) is 12.2 Å². The molecule has 0 radical (unpaired) electrons. The number of aryl methyl sites for hydroxylation is 1. The molecule has 0 heterocycles. The second-order valence-corrected chi connectivity index (χ2v) is 5.94. The first kappa shape index (κ1) is 19.2. The molecule has 0 aliphatic heterocycles. The molecule has 2 aromatic rings. The zero-order valence-electron chi connectivity index (χ0n) is 14.8. The quantitative estimate of drug-likeness (QED) is 0.550. The van der Waals surface area contributed by atoms with Gasteiger partial charge in [0.25, 0.3) is 5.91 Å². The fourth-order valence-corrected chi connectivity index (χ4v) is 2.40. The number of carbonyl (C=O) groups is 1. The Hall–Kier alpha value is -3.13. The maximum absolute atomic E-state index is 13.1. The molecule has 0 saturated carbocycles. The van der Waals surface area contributed by atoms with E-state index >= 15 is 0 Å². The minimum Gasteiger partial charge on any atom is -0.386 e. The van der Waals surface area contributed by atoms with Crippen LogP contribution in [-0.2, 0) is 17.8 Å². The van der Waals surface area contributed by atoms with Crippen LogP contribution in [0, 0.1) is 17.1 Å². The molecular weight excluding hydrogens is 329 g/mol. The predicted octanol–water partition coefficient (Wildman–Crippen LogP) is 4.30. The van der Waals surface area contributed by atoms with Crippen molar-refractivity contribution >= 4 is 11.6 Å². The van der Waals surface area contributed by atoms with E-state index in [-0.39, 0.29) is 11.4 Å². The highest BCUT2D eigenvalue weighted by atomic mass is 19.1. The van der Waals surface area contributed by atoms with Crippen LogP contribution in [0.25, 0.3) is 0 Å². The second-order valence-electron chi connectivity index (χ2n) is 5.94. The van der Waals surface area contributed by atoms with Crippen molar-refractivity contribution in [2.24, 2.45) is 0 Å². The van der Waals surface area contributed by atoms with E-state index in [1.807, 2.05) is 30.3 Å². The van der Waals surface area contributed by atoms with Crippen LogP contribution in [0.15, 0.2) is 60.3 Å². The summed E-state index contributed by atoms with van der Waals surface area (Å²) in [7, 11) is 0. The number of amides is 1. The number of benzene rings is 2. The Morgan fingerprint density at radius 3 is 2.62 bits per heavy atom. The average molecular weight is 351 g/mol. The summed E-state index contributed by atoms with van der Waals surface area (Å²) in [5, 5.41) is 14.7. The number of rotatable bonds is 8. The van der Waals surface area contributed by atoms with Crippen molar-refractivity contribution in [3.8, 4) is 6.07 Å². The van der Waals surface area contributed by atoms with Crippen molar-refractivity contribution in [3.63, 3.8) is 0 Å². The van der Waals surface area contributed by atoms with E-state index < -0.39 is 5.91 Å². The molecule has 134 valence electrons. The van der Waals surface area contributed by atoms with Crippen molar-refractivity contribution in [3.05, 3.63) is 77.2 Å². The van der Waals surface area contributed by atoms with Crippen LogP contribution in [0.2, 0.25) is 0 Å². The van der Waals surface area contributed by atoms with Gasteiger partial charge in [0, 0.05) is 18.4 Å². The lowest BCUT2D eigenvalue weighted by Crippen LogP contribution is -2.16. The molecule has 2 aromatic carbocycles. The summed E-state index contributed by atoms with van der Waals surface area (Å²) in [5.74, 6) is -0.811. The normalized spacial score (nSPS) is 10.9. The van der Waals surface area contributed by atoms with Crippen LogP contribution in [0.4, 0.5) is 10.1 Å². The van der Waals surface area contributed by atoms with Crippen molar-refractivity contribution in [2.45, 2.75) is 32.7 Å². The van der Waals surface area contributed by atoms with E-state index in [2.05, 4.69) is 17.6 Å². The highest BCUT2D eigenvalue weighted by Crippen LogP contribution is 2.13. The van der Waals surface area contributed by atoms with Crippen LogP contribution in [0.3, 0.4) is 0 Å². The molecule has 2 N–H and O–H groups in total. The fourth-order valence-electron chi connectivity index (χ4n) is 2.40. The molecule has 0 unspecified atom stereocenters. The zero-order chi connectivity index (χ0) is 18.8. The Kier molecular flexibility index (Phi) is 7.38. The summed E-state index contributed by atoms with van der Waals surface area (Å²) >= 11 is 0. The van der Waals surface area contributed by atoms with Gasteiger partial charge in [-0.2, -0.15) is 5.26 Å². The van der Waals surface area contributed by atoms with Crippen molar-refractivity contribution in [1.82, 2.24) is 5.32 Å². The lowest BCUT2D eigenvalue weighted by molar-refractivity contribution is -0.112. The standard InChI is InChI=1S/C21H22FN3O/c1-2-3-5-16-8-10-20(11-9-16)25-21(26)18(13-23)15-24-14-17-6-4-7-19(22)12-17/h4,6-12,15,24H,2-3,5,14H2,1H3,(H,25,26)/b18-15-. The first-order valence-electron chi connectivity index (χ1n) is 8.60. The highest BCUT2D eigenvalue weighted by Gasteiger charge is 2.09. The summed E-state index contributed by atoms with van der Waals surface area (Å²) in [4.78, 5) is 12.2. The van der Waals surface area contributed by atoms with Gasteiger partial charge in [-0.3, -0.25) is 4.79 Å². The number of anilines is 1. The molecule has 0 spiro atoms. The molecule has 4 nitrogen and oxygen atoms in total. The number of nitriles is 1. The van der Waals surface area contributed by atoms with E-state index in [1.54, 1.807) is 12.1 Å².